The monoisotopic (exact) mass is 164 g/mol. The van der Waals surface area contributed by atoms with Crippen molar-refractivity contribution in [2.45, 2.75) is 26.3 Å². The zero-order valence-corrected chi connectivity index (χ0v) is 8.39. The highest BCUT2D eigenvalue weighted by atomic mass is 15.2. The van der Waals surface area contributed by atoms with Crippen LogP contribution in [0.5, 0.6) is 0 Å². The molecule has 0 fully saturated rings. The van der Waals surface area contributed by atoms with Crippen LogP contribution in [0.3, 0.4) is 0 Å². The van der Waals surface area contributed by atoms with Gasteiger partial charge in [0.1, 0.15) is 5.69 Å². The number of benzene rings is 1. The summed E-state index contributed by atoms with van der Waals surface area (Å²) >= 11 is 0. The zero-order valence-electron chi connectivity index (χ0n) is 8.39. The van der Waals surface area contributed by atoms with Crippen LogP contribution in [0.2, 0.25) is 0 Å². The lowest BCUT2D eigenvalue weighted by Crippen LogP contribution is -3.11. The molecule has 0 aliphatic carbocycles. The Bertz CT molecular complexity index is 233. The number of rotatable bonds is 1. The number of hydrogen-bond acceptors (Lipinski definition) is 0. The summed E-state index contributed by atoms with van der Waals surface area (Å²) < 4.78 is 0. The summed E-state index contributed by atoms with van der Waals surface area (Å²) in [6.45, 7) is 6.74. The number of nitrogens with one attached hydrogen (secondary N) is 1. The smallest absolute Gasteiger partial charge is 0.131 e. The first-order valence-electron chi connectivity index (χ1n) is 4.41. The van der Waals surface area contributed by atoms with E-state index in [0.29, 0.717) is 0 Å². The Morgan fingerprint density at radius 3 is 1.92 bits per heavy atom. The Morgan fingerprint density at radius 1 is 1.00 bits per heavy atom. The van der Waals surface area contributed by atoms with E-state index in [1.807, 2.05) is 0 Å². The first kappa shape index (κ1) is 9.27. The summed E-state index contributed by atoms with van der Waals surface area (Å²) in [5, 5.41) is 0. The van der Waals surface area contributed by atoms with Crippen LogP contribution in [0, 0.1) is 0 Å². The lowest BCUT2D eigenvalue weighted by Gasteiger charge is -2.27. The van der Waals surface area contributed by atoms with Gasteiger partial charge in [-0.25, -0.2) is 0 Å². The second-order valence-corrected chi connectivity index (χ2v) is 4.24. The maximum absolute atomic E-state index is 2.25. The third kappa shape index (κ3) is 2.08. The van der Waals surface area contributed by atoms with Crippen LogP contribution in [0.4, 0.5) is 5.69 Å². The van der Waals surface area contributed by atoms with Gasteiger partial charge in [0.05, 0.1) is 12.6 Å². The molecule has 0 bridgehead atoms. The Kier molecular flexibility index (Phi) is 2.53. The van der Waals surface area contributed by atoms with Gasteiger partial charge in [0.15, 0.2) is 0 Å². The van der Waals surface area contributed by atoms with Crippen LogP contribution >= 0.6 is 0 Å². The second-order valence-electron chi connectivity index (χ2n) is 4.24. The maximum atomic E-state index is 2.25. The van der Waals surface area contributed by atoms with Gasteiger partial charge in [-0.15, -0.1) is 0 Å². The summed E-state index contributed by atoms with van der Waals surface area (Å²) in [7, 11) is 2.20. The molecule has 66 valence electrons. The van der Waals surface area contributed by atoms with Crippen LogP contribution in [-0.2, 0) is 0 Å². The van der Waals surface area contributed by atoms with Crippen molar-refractivity contribution in [1.82, 2.24) is 0 Å². The van der Waals surface area contributed by atoms with Crippen molar-refractivity contribution >= 4 is 5.69 Å². The van der Waals surface area contributed by atoms with Gasteiger partial charge in [0.25, 0.3) is 0 Å². The molecule has 0 heterocycles. The summed E-state index contributed by atoms with van der Waals surface area (Å²) in [6.07, 6.45) is 0. The third-order valence-corrected chi connectivity index (χ3v) is 2.33. The molecule has 0 radical (unpaired) electrons. The number of quaternary nitrogens is 1. The molecule has 0 saturated carbocycles. The average molecular weight is 164 g/mol. The van der Waals surface area contributed by atoms with Crippen LogP contribution in [0.1, 0.15) is 20.8 Å². The predicted molar refractivity (Wildman–Crippen MR) is 52.7 cm³/mol. The molecule has 1 N–H and O–H groups in total. The van der Waals surface area contributed by atoms with E-state index in [2.05, 4.69) is 58.2 Å². The van der Waals surface area contributed by atoms with Gasteiger partial charge in [0, 0.05) is 0 Å². The highest BCUT2D eigenvalue weighted by Gasteiger charge is 2.22. The standard InChI is InChI=1S/C11H17N/c1-11(2,3)12(4)10-8-6-5-7-9-10/h5-9H,1-4H3/p+1. The largest absolute Gasteiger partial charge is 0.301 e. The lowest BCUT2D eigenvalue weighted by atomic mass is 10.1. The minimum Gasteiger partial charge on any atom is -0.301 e. The highest BCUT2D eigenvalue weighted by molar-refractivity contribution is 5.28. The molecule has 0 saturated heterocycles. The van der Waals surface area contributed by atoms with E-state index in [0.717, 1.165) is 0 Å². The fraction of sp³-hybridized carbons (Fsp3) is 0.455. The molecule has 1 aromatic rings. The van der Waals surface area contributed by atoms with Gasteiger partial charge in [-0.1, -0.05) is 18.2 Å². The molecular weight excluding hydrogens is 146 g/mol. The Balaban J connectivity index is 2.86. The van der Waals surface area contributed by atoms with Gasteiger partial charge in [-0.05, 0) is 32.9 Å². The average Bonchev–Trinajstić information content (AvgIpc) is 2.03. The van der Waals surface area contributed by atoms with E-state index in [-0.39, 0.29) is 5.54 Å². The van der Waals surface area contributed by atoms with Crippen molar-refractivity contribution in [2.24, 2.45) is 0 Å². The lowest BCUT2D eigenvalue weighted by molar-refractivity contribution is -0.863. The Labute approximate surface area is 75.0 Å². The van der Waals surface area contributed by atoms with Gasteiger partial charge in [-0.3, -0.25) is 0 Å². The highest BCUT2D eigenvalue weighted by Crippen LogP contribution is 2.03. The molecule has 0 aliphatic rings. The summed E-state index contributed by atoms with van der Waals surface area (Å²) in [4.78, 5) is 1.45. The molecule has 1 heteroatoms. The molecule has 12 heavy (non-hydrogen) atoms. The van der Waals surface area contributed by atoms with Crippen LogP contribution in [0.15, 0.2) is 30.3 Å². The van der Waals surface area contributed by atoms with Crippen molar-refractivity contribution in [2.75, 3.05) is 7.05 Å². The molecule has 1 nitrogen and oxygen atoms in total. The van der Waals surface area contributed by atoms with Gasteiger partial charge >= 0.3 is 0 Å². The maximum Gasteiger partial charge on any atom is 0.131 e. The van der Waals surface area contributed by atoms with E-state index in [9.17, 15) is 0 Å². The van der Waals surface area contributed by atoms with E-state index in [4.69, 9.17) is 0 Å². The topological polar surface area (TPSA) is 4.44 Å². The minimum atomic E-state index is 0.279. The normalized spacial score (nSPS) is 14.3. The fourth-order valence-electron chi connectivity index (χ4n) is 1.12. The fourth-order valence-corrected chi connectivity index (χ4v) is 1.12. The van der Waals surface area contributed by atoms with Crippen LogP contribution < -0.4 is 4.90 Å². The van der Waals surface area contributed by atoms with Crippen LogP contribution in [-0.4, -0.2) is 12.6 Å². The molecule has 1 aromatic carbocycles. The molecule has 1 rings (SSSR count). The van der Waals surface area contributed by atoms with Crippen molar-refractivity contribution in [3.8, 4) is 0 Å². The quantitative estimate of drug-likeness (QED) is 0.643. The van der Waals surface area contributed by atoms with E-state index in [1.54, 1.807) is 0 Å². The number of hydrogen-bond donors (Lipinski definition) is 1. The molecule has 1 atom stereocenters. The van der Waals surface area contributed by atoms with Gasteiger partial charge in [0.2, 0.25) is 0 Å². The van der Waals surface area contributed by atoms with E-state index in [1.165, 1.54) is 10.6 Å². The predicted octanol–water partition coefficient (Wildman–Crippen LogP) is 1.63. The van der Waals surface area contributed by atoms with Crippen molar-refractivity contribution in [3.05, 3.63) is 30.3 Å². The zero-order chi connectivity index (χ0) is 9.19. The molecule has 1 unspecified atom stereocenters. The summed E-state index contributed by atoms with van der Waals surface area (Å²) in [5.41, 5.74) is 1.63. The first-order valence-corrected chi connectivity index (χ1v) is 4.41. The SMILES string of the molecule is C[NH+](c1ccccc1)C(C)(C)C. The molecule has 0 amide bonds. The van der Waals surface area contributed by atoms with Crippen molar-refractivity contribution < 1.29 is 4.90 Å². The van der Waals surface area contributed by atoms with Crippen molar-refractivity contribution in [1.29, 1.82) is 0 Å². The summed E-state index contributed by atoms with van der Waals surface area (Å²) in [6, 6.07) is 10.6. The van der Waals surface area contributed by atoms with Crippen LogP contribution in [0.25, 0.3) is 0 Å². The van der Waals surface area contributed by atoms with E-state index < -0.39 is 0 Å². The summed E-state index contributed by atoms with van der Waals surface area (Å²) in [5.74, 6) is 0. The first-order chi connectivity index (χ1) is 5.52. The molecule has 0 aliphatic heterocycles. The number of para-hydroxylation sites is 1. The van der Waals surface area contributed by atoms with Gasteiger partial charge in [-0.2, -0.15) is 0 Å². The Hall–Kier alpha value is -0.820. The Morgan fingerprint density at radius 2 is 1.50 bits per heavy atom. The van der Waals surface area contributed by atoms with E-state index >= 15 is 0 Å². The molecular formula is C11H18N+. The van der Waals surface area contributed by atoms with Gasteiger partial charge < -0.3 is 4.90 Å². The minimum absolute atomic E-state index is 0.279. The van der Waals surface area contributed by atoms with Crippen molar-refractivity contribution in [3.63, 3.8) is 0 Å². The molecule has 0 aromatic heterocycles. The third-order valence-electron chi connectivity index (χ3n) is 2.33. The second kappa shape index (κ2) is 3.28. The molecule has 0 spiro atoms.